The first-order valence-corrected chi connectivity index (χ1v) is 4.83. The van der Waals surface area contributed by atoms with Crippen LogP contribution in [0.5, 0.6) is 11.5 Å². The molecule has 1 aromatic rings. The molecule has 2 rings (SSSR count). The van der Waals surface area contributed by atoms with Crippen LogP contribution in [0.1, 0.15) is 24.8 Å². The largest absolute Gasteiger partial charge is 0.504 e. The Labute approximate surface area is 83.5 Å². The first kappa shape index (κ1) is 9.34. The Balaban J connectivity index is 2.46. The summed E-state index contributed by atoms with van der Waals surface area (Å²) < 4.78 is 5.17. The smallest absolute Gasteiger partial charge is 0.165 e. The van der Waals surface area contributed by atoms with Gasteiger partial charge in [0.25, 0.3) is 0 Å². The van der Waals surface area contributed by atoms with Gasteiger partial charge in [-0.2, -0.15) is 0 Å². The number of methoxy groups -OCH3 is 1. The van der Waals surface area contributed by atoms with Crippen LogP contribution < -0.4 is 10.5 Å². The Kier molecular flexibility index (Phi) is 2.11. The molecule has 0 heterocycles. The highest BCUT2D eigenvalue weighted by atomic mass is 16.5. The third-order valence-electron chi connectivity index (χ3n) is 2.98. The number of hydrogen-bond acceptors (Lipinski definition) is 3. The third-order valence-corrected chi connectivity index (χ3v) is 2.98. The maximum absolute atomic E-state index is 9.59. The predicted octanol–water partition coefficient (Wildman–Crippen LogP) is 1.74. The molecule has 0 spiro atoms. The number of para-hydroxylation sites is 1. The molecule has 0 amide bonds. The van der Waals surface area contributed by atoms with Crippen molar-refractivity contribution in [3.63, 3.8) is 0 Å². The second-order valence-corrected chi connectivity index (χ2v) is 3.87. The zero-order valence-corrected chi connectivity index (χ0v) is 8.29. The minimum absolute atomic E-state index is 0.168. The highest BCUT2D eigenvalue weighted by Gasteiger charge is 2.37. The third kappa shape index (κ3) is 1.24. The summed E-state index contributed by atoms with van der Waals surface area (Å²) in [6.07, 6.45) is 3.08. The summed E-state index contributed by atoms with van der Waals surface area (Å²) in [5.41, 5.74) is 6.81. The van der Waals surface area contributed by atoms with Crippen LogP contribution in [0, 0.1) is 0 Å². The summed E-state index contributed by atoms with van der Waals surface area (Å²) in [5.74, 6) is 0.691. The molecular formula is C11H15NO2. The number of nitrogens with two attached hydrogens (primary N) is 1. The summed E-state index contributed by atoms with van der Waals surface area (Å²) in [5, 5.41) is 9.59. The van der Waals surface area contributed by atoms with Crippen molar-refractivity contribution in [2.45, 2.75) is 24.8 Å². The molecule has 1 aliphatic rings. The molecule has 0 unspecified atom stereocenters. The zero-order chi connectivity index (χ0) is 10.2. The highest BCUT2D eigenvalue weighted by molar-refractivity contribution is 5.49. The van der Waals surface area contributed by atoms with Gasteiger partial charge in [-0.1, -0.05) is 12.1 Å². The summed E-state index contributed by atoms with van der Waals surface area (Å²) >= 11 is 0. The molecule has 3 heteroatoms. The molecule has 0 atom stereocenters. The second kappa shape index (κ2) is 3.17. The van der Waals surface area contributed by atoms with E-state index in [0.29, 0.717) is 5.75 Å². The Morgan fingerprint density at radius 2 is 2.14 bits per heavy atom. The maximum Gasteiger partial charge on any atom is 0.165 e. The fourth-order valence-electron chi connectivity index (χ4n) is 1.96. The molecule has 0 aromatic heterocycles. The van der Waals surface area contributed by atoms with E-state index in [2.05, 4.69) is 0 Å². The molecule has 0 aliphatic heterocycles. The normalized spacial score (nSPS) is 18.7. The lowest BCUT2D eigenvalue weighted by molar-refractivity contribution is 0.241. The van der Waals surface area contributed by atoms with Gasteiger partial charge in [0.2, 0.25) is 0 Å². The van der Waals surface area contributed by atoms with Crippen LogP contribution in [0.3, 0.4) is 0 Å². The van der Waals surface area contributed by atoms with Crippen LogP contribution in [0.25, 0.3) is 0 Å². The van der Waals surface area contributed by atoms with E-state index in [1.165, 1.54) is 0 Å². The van der Waals surface area contributed by atoms with E-state index in [-0.39, 0.29) is 11.3 Å². The fourth-order valence-corrected chi connectivity index (χ4v) is 1.96. The number of hydrogen-bond donors (Lipinski definition) is 2. The molecule has 1 saturated carbocycles. The van der Waals surface area contributed by atoms with E-state index < -0.39 is 0 Å². The minimum Gasteiger partial charge on any atom is -0.504 e. The van der Waals surface area contributed by atoms with Crippen molar-refractivity contribution < 1.29 is 9.84 Å². The molecule has 0 saturated heterocycles. The van der Waals surface area contributed by atoms with Crippen LogP contribution in [0.2, 0.25) is 0 Å². The molecular weight excluding hydrogens is 178 g/mol. The minimum atomic E-state index is -0.288. The first-order chi connectivity index (χ1) is 6.67. The topological polar surface area (TPSA) is 55.5 Å². The van der Waals surface area contributed by atoms with Crippen LogP contribution >= 0.6 is 0 Å². The van der Waals surface area contributed by atoms with Crippen molar-refractivity contribution in [2.75, 3.05) is 7.11 Å². The van der Waals surface area contributed by atoms with Crippen LogP contribution in [-0.4, -0.2) is 12.2 Å². The van der Waals surface area contributed by atoms with Crippen LogP contribution in [0.4, 0.5) is 0 Å². The fraction of sp³-hybridized carbons (Fsp3) is 0.455. The molecule has 3 N–H and O–H groups in total. The standard InChI is InChI=1S/C11H15NO2/c1-14-10-8(4-2-5-9(10)13)11(12)6-3-7-11/h2,4-5,13H,3,6-7,12H2,1H3. The van der Waals surface area contributed by atoms with Gasteiger partial charge in [-0.3, -0.25) is 0 Å². The lowest BCUT2D eigenvalue weighted by atomic mass is 9.72. The van der Waals surface area contributed by atoms with E-state index in [1.807, 2.05) is 6.07 Å². The second-order valence-electron chi connectivity index (χ2n) is 3.87. The van der Waals surface area contributed by atoms with E-state index in [9.17, 15) is 5.11 Å². The Morgan fingerprint density at radius 1 is 1.43 bits per heavy atom. The monoisotopic (exact) mass is 193 g/mol. The van der Waals surface area contributed by atoms with E-state index in [0.717, 1.165) is 24.8 Å². The van der Waals surface area contributed by atoms with Gasteiger partial charge < -0.3 is 15.6 Å². The number of benzene rings is 1. The van der Waals surface area contributed by atoms with E-state index in [1.54, 1.807) is 19.2 Å². The number of phenolic OH excluding ortho intramolecular Hbond substituents is 1. The lowest BCUT2D eigenvalue weighted by Crippen LogP contribution is -2.43. The highest BCUT2D eigenvalue weighted by Crippen LogP contribution is 2.45. The van der Waals surface area contributed by atoms with Crippen molar-refractivity contribution in [3.05, 3.63) is 23.8 Å². The van der Waals surface area contributed by atoms with Crippen molar-refractivity contribution in [1.82, 2.24) is 0 Å². The summed E-state index contributed by atoms with van der Waals surface area (Å²) in [6.45, 7) is 0. The van der Waals surface area contributed by atoms with Gasteiger partial charge >= 0.3 is 0 Å². The SMILES string of the molecule is COc1c(O)cccc1C1(N)CCC1. The molecule has 0 bridgehead atoms. The van der Waals surface area contributed by atoms with Gasteiger partial charge in [0.05, 0.1) is 7.11 Å². The van der Waals surface area contributed by atoms with Crippen LogP contribution in [-0.2, 0) is 5.54 Å². The molecule has 14 heavy (non-hydrogen) atoms. The number of aromatic hydroxyl groups is 1. The summed E-state index contributed by atoms with van der Waals surface area (Å²) in [7, 11) is 1.56. The molecule has 1 aromatic carbocycles. The Bertz CT molecular complexity index is 345. The van der Waals surface area contributed by atoms with Gasteiger partial charge in [0.1, 0.15) is 0 Å². The van der Waals surface area contributed by atoms with Gasteiger partial charge in [0, 0.05) is 11.1 Å². The molecule has 1 aliphatic carbocycles. The van der Waals surface area contributed by atoms with Crippen LogP contribution in [0.15, 0.2) is 18.2 Å². The zero-order valence-electron chi connectivity index (χ0n) is 8.29. The average Bonchev–Trinajstić information content (AvgIpc) is 2.14. The number of rotatable bonds is 2. The van der Waals surface area contributed by atoms with E-state index in [4.69, 9.17) is 10.5 Å². The Morgan fingerprint density at radius 3 is 2.64 bits per heavy atom. The van der Waals surface area contributed by atoms with Crippen molar-refractivity contribution in [3.8, 4) is 11.5 Å². The number of ether oxygens (including phenoxy) is 1. The Hall–Kier alpha value is -1.22. The van der Waals surface area contributed by atoms with Gasteiger partial charge in [0.15, 0.2) is 11.5 Å². The maximum atomic E-state index is 9.59. The summed E-state index contributed by atoms with van der Waals surface area (Å²) in [4.78, 5) is 0. The van der Waals surface area contributed by atoms with Gasteiger partial charge in [-0.15, -0.1) is 0 Å². The molecule has 76 valence electrons. The van der Waals surface area contributed by atoms with Gasteiger partial charge in [-0.05, 0) is 25.3 Å². The molecule has 1 fully saturated rings. The predicted molar refractivity (Wildman–Crippen MR) is 54.4 cm³/mol. The van der Waals surface area contributed by atoms with E-state index >= 15 is 0 Å². The average molecular weight is 193 g/mol. The quantitative estimate of drug-likeness (QED) is 0.752. The summed E-state index contributed by atoms with van der Waals surface area (Å²) in [6, 6.07) is 5.35. The van der Waals surface area contributed by atoms with Crippen molar-refractivity contribution in [2.24, 2.45) is 5.73 Å². The van der Waals surface area contributed by atoms with Crippen molar-refractivity contribution >= 4 is 0 Å². The first-order valence-electron chi connectivity index (χ1n) is 4.83. The lowest BCUT2D eigenvalue weighted by Gasteiger charge is -2.39. The van der Waals surface area contributed by atoms with Crippen molar-refractivity contribution in [1.29, 1.82) is 0 Å². The molecule has 0 radical (unpaired) electrons. The number of phenols is 1. The molecule has 3 nitrogen and oxygen atoms in total. The van der Waals surface area contributed by atoms with Gasteiger partial charge in [-0.25, -0.2) is 0 Å².